The van der Waals surface area contributed by atoms with Crippen molar-refractivity contribution in [1.29, 1.82) is 0 Å². The van der Waals surface area contributed by atoms with Gasteiger partial charge in [0.05, 0.1) is 0 Å². The van der Waals surface area contributed by atoms with Gasteiger partial charge in [0, 0.05) is 24.2 Å². The van der Waals surface area contributed by atoms with Crippen LogP contribution in [0.15, 0.2) is 24.3 Å². The Morgan fingerprint density at radius 1 is 1.21 bits per heavy atom. The third-order valence-electron chi connectivity index (χ3n) is 2.06. The maximum Gasteiger partial charge on any atom is 0.162 e. The van der Waals surface area contributed by atoms with Gasteiger partial charge in [0.1, 0.15) is 0 Å². The molecule has 76 valence electrons. The second-order valence-electron chi connectivity index (χ2n) is 3.28. The average molecular weight is 191 g/mol. The highest BCUT2D eigenvalue weighted by Gasteiger charge is 2.03. The Labute approximate surface area is 85.3 Å². The molecule has 2 heteroatoms. The molecule has 0 saturated heterocycles. The molecule has 0 radical (unpaired) electrons. The van der Waals surface area contributed by atoms with Gasteiger partial charge < -0.3 is 5.32 Å². The predicted octanol–water partition coefficient (Wildman–Crippen LogP) is 3.10. The van der Waals surface area contributed by atoms with Gasteiger partial charge in [-0.3, -0.25) is 4.79 Å². The molecule has 1 aromatic carbocycles. The van der Waals surface area contributed by atoms with E-state index in [0.717, 1.165) is 24.2 Å². The molecule has 0 unspecified atom stereocenters. The number of anilines is 1. The first-order valence-corrected chi connectivity index (χ1v) is 5.15. The third-order valence-corrected chi connectivity index (χ3v) is 2.06. The van der Waals surface area contributed by atoms with Crippen molar-refractivity contribution >= 4 is 11.5 Å². The Hall–Kier alpha value is -1.31. The van der Waals surface area contributed by atoms with E-state index in [-0.39, 0.29) is 5.78 Å². The van der Waals surface area contributed by atoms with Gasteiger partial charge in [-0.05, 0) is 37.6 Å². The zero-order valence-electron chi connectivity index (χ0n) is 8.84. The Morgan fingerprint density at radius 2 is 1.86 bits per heavy atom. The smallest absolute Gasteiger partial charge is 0.162 e. The van der Waals surface area contributed by atoms with Crippen molar-refractivity contribution in [3.05, 3.63) is 29.8 Å². The number of ketones is 1. The molecule has 0 spiro atoms. The van der Waals surface area contributed by atoms with Gasteiger partial charge in [0.25, 0.3) is 0 Å². The molecule has 0 atom stereocenters. The number of nitrogens with one attached hydrogen (secondary N) is 1. The van der Waals surface area contributed by atoms with Gasteiger partial charge in [-0.25, -0.2) is 0 Å². The fourth-order valence-electron chi connectivity index (χ4n) is 1.35. The first-order valence-electron chi connectivity index (χ1n) is 5.15. The van der Waals surface area contributed by atoms with E-state index in [1.54, 1.807) is 0 Å². The molecule has 0 aliphatic carbocycles. The minimum absolute atomic E-state index is 0.232. The zero-order chi connectivity index (χ0) is 10.4. The summed E-state index contributed by atoms with van der Waals surface area (Å²) in [5.41, 5.74) is 1.88. The van der Waals surface area contributed by atoms with E-state index >= 15 is 0 Å². The molecule has 0 saturated carbocycles. The molecule has 0 heterocycles. The van der Waals surface area contributed by atoms with Crippen LogP contribution < -0.4 is 5.32 Å². The number of hydrogen-bond acceptors (Lipinski definition) is 2. The number of benzene rings is 1. The standard InChI is InChI=1S/C12H17NO/c1-3-5-12(14)10-6-8-11(9-7-10)13-4-2/h6-9,13H,3-5H2,1-2H3. The van der Waals surface area contributed by atoms with Crippen LogP contribution in [0.3, 0.4) is 0 Å². The summed E-state index contributed by atoms with van der Waals surface area (Å²) >= 11 is 0. The average Bonchev–Trinajstić information content (AvgIpc) is 2.20. The van der Waals surface area contributed by atoms with Crippen molar-refractivity contribution in [1.82, 2.24) is 0 Å². The van der Waals surface area contributed by atoms with Gasteiger partial charge >= 0.3 is 0 Å². The lowest BCUT2D eigenvalue weighted by Gasteiger charge is -2.03. The topological polar surface area (TPSA) is 29.1 Å². The second kappa shape index (κ2) is 5.43. The molecule has 0 fully saturated rings. The molecule has 0 aliphatic rings. The number of Topliss-reactive ketones (excluding diaryl/α,β-unsaturated/α-hetero) is 1. The van der Waals surface area contributed by atoms with Crippen LogP contribution in [0.25, 0.3) is 0 Å². The largest absolute Gasteiger partial charge is 0.385 e. The number of carbonyl (C=O) groups is 1. The molecular weight excluding hydrogens is 174 g/mol. The maximum atomic E-state index is 11.5. The maximum absolute atomic E-state index is 11.5. The van der Waals surface area contributed by atoms with Crippen LogP contribution >= 0.6 is 0 Å². The summed E-state index contributed by atoms with van der Waals surface area (Å²) in [5.74, 6) is 0.232. The Bertz CT molecular complexity index is 290. The Morgan fingerprint density at radius 3 is 2.36 bits per heavy atom. The Kier molecular flexibility index (Phi) is 4.17. The normalized spacial score (nSPS) is 9.86. The summed E-state index contributed by atoms with van der Waals surface area (Å²) in [6, 6.07) is 7.67. The predicted molar refractivity (Wildman–Crippen MR) is 59.8 cm³/mol. The van der Waals surface area contributed by atoms with Crippen molar-refractivity contribution in [3.8, 4) is 0 Å². The summed E-state index contributed by atoms with van der Waals surface area (Å²) in [6.45, 7) is 4.98. The number of hydrogen-bond donors (Lipinski definition) is 1. The minimum atomic E-state index is 0.232. The van der Waals surface area contributed by atoms with Gasteiger partial charge in [-0.15, -0.1) is 0 Å². The second-order valence-corrected chi connectivity index (χ2v) is 3.28. The molecular formula is C12H17NO. The SMILES string of the molecule is CCCC(=O)c1ccc(NCC)cc1. The van der Waals surface area contributed by atoms with Crippen LogP contribution in [0.4, 0.5) is 5.69 Å². The first kappa shape index (κ1) is 10.8. The van der Waals surface area contributed by atoms with Gasteiger partial charge in [0.15, 0.2) is 5.78 Å². The summed E-state index contributed by atoms with van der Waals surface area (Å²) in [5, 5.41) is 3.19. The summed E-state index contributed by atoms with van der Waals surface area (Å²) in [7, 11) is 0. The van der Waals surface area contributed by atoms with E-state index in [0.29, 0.717) is 6.42 Å². The van der Waals surface area contributed by atoms with Crippen LogP contribution in [0, 0.1) is 0 Å². The molecule has 1 aromatic rings. The quantitative estimate of drug-likeness (QED) is 0.724. The summed E-state index contributed by atoms with van der Waals surface area (Å²) < 4.78 is 0. The van der Waals surface area contributed by atoms with Crippen LogP contribution in [0.1, 0.15) is 37.0 Å². The molecule has 1 rings (SSSR count). The lowest BCUT2D eigenvalue weighted by Crippen LogP contribution is -2.00. The summed E-state index contributed by atoms with van der Waals surface area (Å²) in [4.78, 5) is 11.5. The van der Waals surface area contributed by atoms with Crippen molar-refractivity contribution in [2.24, 2.45) is 0 Å². The summed E-state index contributed by atoms with van der Waals surface area (Å²) in [6.07, 6.45) is 1.55. The van der Waals surface area contributed by atoms with Gasteiger partial charge in [-0.1, -0.05) is 6.92 Å². The molecule has 0 amide bonds. The van der Waals surface area contributed by atoms with E-state index in [1.807, 2.05) is 31.2 Å². The van der Waals surface area contributed by atoms with E-state index in [4.69, 9.17) is 0 Å². The fraction of sp³-hybridized carbons (Fsp3) is 0.417. The van der Waals surface area contributed by atoms with Crippen molar-refractivity contribution in [3.63, 3.8) is 0 Å². The van der Waals surface area contributed by atoms with E-state index < -0.39 is 0 Å². The fourth-order valence-corrected chi connectivity index (χ4v) is 1.35. The molecule has 0 aliphatic heterocycles. The molecule has 0 bridgehead atoms. The molecule has 1 N–H and O–H groups in total. The van der Waals surface area contributed by atoms with E-state index in [2.05, 4.69) is 12.2 Å². The van der Waals surface area contributed by atoms with E-state index in [9.17, 15) is 4.79 Å². The lowest BCUT2D eigenvalue weighted by atomic mass is 10.1. The van der Waals surface area contributed by atoms with Crippen molar-refractivity contribution in [2.75, 3.05) is 11.9 Å². The van der Waals surface area contributed by atoms with Gasteiger partial charge in [0.2, 0.25) is 0 Å². The van der Waals surface area contributed by atoms with Crippen LogP contribution in [-0.2, 0) is 0 Å². The first-order chi connectivity index (χ1) is 6.77. The van der Waals surface area contributed by atoms with Crippen molar-refractivity contribution in [2.45, 2.75) is 26.7 Å². The van der Waals surface area contributed by atoms with Crippen LogP contribution in [-0.4, -0.2) is 12.3 Å². The van der Waals surface area contributed by atoms with Gasteiger partial charge in [-0.2, -0.15) is 0 Å². The third kappa shape index (κ3) is 2.87. The van der Waals surface area contributed by atoms with Crippen LogP contribution in [0.2, 0.25) is 0 Å². The number of carbonyl (C=O) groups excluding carboxylic acids is 1. The highest BCUT2D eigenvalue weighted by atomic mass is 16.1. The molecule has 2 nitrogen and oxygen atoms in total. The minimum Gasteiger partial charge on any atom is -0.385 e. The molecule has 14 heavy (non-hydrogen) atoms. The highest BCUT2D eigenvalue weighted by Crippen LogP contribution is 2.11. The Balaban J connectivity index is 2.67. The lowest BCUT2D eigenvalue weighted by molar-refractivity contribution is 0.0982. The monoisotopic (exact) mass is 191 g/mol. The zero-order valence-corrected chi connectivity index (χ0v) is 8.84. The number of rotatable bonds is 5. The van der Waals surface area contributed by atoms with Crippen LogP contribution in [0.5, 0.6) is 0 Å². The van der Waals surface area contributed by atoms with E-state index in [1.165, 1.54) is 0 Å². The highest BCUT2D eigenvalue weighted by molar-refractivity contribution is 5.96. The van der Waals surface area contributed by atoms with Crippen molar-refractivity contribution < 1.29 is 4.79 Å². The molecule has 0 aromatic heterocycles.